The van der Waals surface area contributed by atoms with Crippen LogP contribution in [0, 0.1) is 11.8 Å². The molecule has 1 aliphatic carbocycles. The Hall–Kier alpha value is -1.64. The molecule has 0 unspecified atom stereocenters. The van der Waals surface area contributed by atoms with Gasteiger partial charge >= 0.3 is 0 Å². The van der Waals surface area contributed by atoms with Crippen LogP contribution in [0.3, 0.4) is 0 Å². The lowest BCUT2D eigenvalue weighted by molar-refractivity contribution is -0.966. The maximum atomic E-state index is 6.57. The Morgan fingerprint density at radius 2 is 1.62 bits per heavy atom. The molecule has 2 aromatic rings. The zero-order valence-corrected chi connectivity index (χ0v) is 15.8. The third-order valence-corrected chi connectivity index (χ3v) is 7.94. The van der Waals surface area contributed by atoms with Crippen molar-refractivity contribution in [3.63, 3.8) is 0 Å². The van der Waals surface area contributed by atoms with E-state index in [1.165, 1.54) is 54.5 Å². The molecule has 0 aromatic heterocycles. The molecule has 0 bridgehead atoms. The van der Waals surface area contributed by atoms with Gasteiger partial charge in [-0.1, -0.05) is 60.7 Å². The van der Waals surface area contributed by atoms with Crippen molar-refractivity contribution >= 4 is 0 Å². The van der Waals surface area contributed by atoms with Gasteiger partial charge in [-0.05, 0) is 25.3 Å². The SMILES string of the molecule is C[C@@]12[C@H]3CC[C@@H]1[C@@H](OCc1ccccc1)C[N@+]2(Cc1ccccc1)CC3. The van der Waals surface area contributed by atoms with E-state index in [2.05, 4.69) is 67.6 Å². The summed E-state index contributed by atoms with van der Waals surface area (Å²) in [5.74, 6) is 1.61. The van der Waals surface area contributed by atoms with E-state index < -0.39 is 0 Å². The molecule has 2 aliphatic heterocycles. The molecule has 5 rings (SSSR count). The van der Waals surface area contributed by atoms with E-state index in [0.29, 0.717) is 11.6 Å². The molecule has 2 heteroatoms. The van der Waals surface area contributed by atoms with Gasteiger partial charge in [0.15, 0.2) is 0 Å². The van der Waals surface area contributed by atoms with Gasteiger partial charge in [0.1, 0.15) is 24.7 Å². The van der Waals surface area contributed by atoms with Gasteiger partial charge in [-0.15, -0.1) is 0 Å². The lowest BCUT2D eigenvalue weighted by Gasteiger charge is -2.43. The Morgan fingerprint density at radius 3 is 2.35 bits per heavy atom. The first-order valence-electron chi connectivity index (χ1n) is 10.3. The van der Waals surface area contributed by atoms with Crippen molar-refractivity contribution in [1.29, 1.82) is 0 Å². The Balaban J connectivity index is 1.40. The fourth-order valence-electron chi connectivity index (χ4n) is 6.60. The topological polar surface area (TPSA) is 9.23 Å². The smallest absolute Gasteiger partial charge is 0.116 e. The summed E-state index contributed by atoms with van der Waals surface area (Å²) in [6, 6.07) is 21.8. The van der Waals surface area contributed by atoms with Crippen molar-refractivity contribution in [3.05, 3.63) is 71.8 Å². The Morgan fingerprint density at radius 1 is 0.923 bits per heavy atom. The minimum absolute atomic E-state index is 0.411. The third kappa shape index (κ3) is 2.39. The standard InChI is InChI=1S/C24H30NO/c1-24-21-12-13-22(24)23(26-18-20-10-6-3-7-11-20)17-25(24,15-14-21)16-19-8-4-2-5-9-19/h2-11,21-23H,12-18H2,1H3/q+1/t21-,22+,23-,24+,25+/m0/s1. The molecule has 2 saturated heterocycles. The highest BCUT2D eigenvalue weighted by molar-refractivity contribution is 5.16. The van der Waals surface area contributed by atoms with Crippen molar-refractivity contribution in [1.82, 2.24) is 0 Å². The first kappa shape index (κ1) is 16.5. The molecule has 0 radical (unpaired) electrons. The van der Waals surface area contributed by atoms with Crippen LogP contribution in [-0.4, -0.2) is 29.2 Å². The van der Waals surface area contributed by atoms with Gasteiger partial charge in [-0.3, -0.25) is 0 Å². The van der Waals surface area contributed by atoms with Crippen LogP contribution >= 0.6 is 0 Å². The van der Waals surface area contributed by atoms with Gasteiger partial charge in [0.2, 0.25) is 0 Å². The summed E-state index contributed by atoms with van der Waals surface area (Å²) in [6.07, 6.45) is 4.58. The summed E-state index contributed by atoms with van der Waals surface area (Å²) >= 11 is 0. The third-order valence-electron chi connectivity index (χ3n) is 7.94. The lowest BCUT2D eigenvalue weighted by Crippen LogP contribution is -2.57. The molecule has 2 heterocycles. The average Bonchev–Trinajstić information content (AvgIpc) is 3.24. The number of benzene rings is 2. The van der Waals surface area contributed by atoms with Crippen molar-refractivity contribution in [2.75, 3.05) is 13.1 Å². The minimum atomic E-state index is 0.411. The van der Waals surface area contributed by atoms with Crippen molar-refractivity contribution < 1.29 is 9.22 Å². The molecule has 136 valence electrons. The van der Waals surface area contributed by atoms with Crippen LogP contribution in [0.15, 0.2) is 60.7 Å². The zero-order valence-electron chi connectivity index (χ0n) is 15.8. The fraction of sp³-hybridized carbons (Fsp3) is 0.500. The van der Waals surface area contributed by atoms with E-state index in [1.54, 1.807) is 0 Å². The second-order valence-corrected chi connectivity index (χ2v) is 8.93. The lowest BCUT2D eigenvalue weighted by atomic mass is 9.83. The zero-order chi connectivity index (χ0) is 17.6. The highest BCUT2D eigenvalue weighted by atomic mass is 16.5. The second-order valence-electron chi connectivity index (χ2n) is 8.93. The summed E-state index contributed by atoms with van der Waals surface area (Å²) in [5, 5.41) is 0. The molecule has 0 spiro atoms. The number of hydrogen-bond donors (Lipinski definition) is 0. The molecule has 3 fully saturated rings. The number of ether oxygens (including phenoxy) is 1. The van der Waals surface area contributed by atoms with Gasteiger partial charge in [-0.2, -0.15) is 0 Å². The molecule has 5 atom stereocenters. The molecule has 0 amide bonds. The molecule has 1 saturated carbocycles. The summed E-state index contributed by atoms with van der Waals surface area (Å²) in [6.45, 7) is 7.05. The van der Waals surface area contributed by atoms with Crippen molar-refractivity contribution in [2.45, 2.75) is 51.0 Å². The molecule has 3 aliphatic rings. The van der Waals surface area contributed by atoms with E-state index in [4.69, 9.17) is 4.74 Å². The Labute approximate surface area is 157 Å². The van der Waals surface area contributed by atoms with Crippen LogP contribution in [0.2, 0.25) is 0 Å². The predicted octanol–water partition coefficient (Wildman–Crippen LogP) is 4.79. The molecular weight excluding hydrogens is 318 g/mol. The summed E-state index contributed by atoms with van der Waals surface area (Å²) in [5.41, 5.74) is 3.20. The maximum Gasteiger partial charge on any atom is 0.116 e. The second kappa shape index (κ2) is 6.21. The first-order valence-corrected chi connectivity index (χ1v) is 10.3. The maximum absolute atomic E-state index is 6.57. The molecule has 2 nitrogen and oxygen atoms in total. The largest absolute Gasteiger partial charge is 0.367 e. The van der Waals surface area contributed by atoms with Crippen molar-refractivity contribution in [2.24, 2.45) is 11.8 Å². The van der Waals surface area contributed by atoms with Gasteiger partial charge in [0, 0.05) is 23.8 Å². The van der Waals surface area contributed by atoms with Crippen LogP contribution < -0.4 is 0 Å². The molecule has 26 heavy (non-hydrogen) atoms. The predicted molar refractivity (Wildman–Crippen MR) is 104 cm³/mol. The number of rotatable bonds is 5. The monoisotopic (exact) mass is 348 g/mol. The highest BCUT2D eigenvalue weighted by Gasteiger charge is 2.71. The van der Waals surface area contributed by atoms with E-state index in [0.717, 1.165) is 18.4 Å². The molecule has 0 N–H and O–H groups in total. The van der Waals surface area contributed by atoms with E-state index in [1.807, 2.05) is 0 Å². The number of nitrogens with zero attached hydrogens (tertiary/aromatic N) is 1. The minimum Gasteiger partial charge on any atom is -0.367 e. The van der Waals surface area contributed by atoms with Crippen LogP contribution in [0.5, 0.6) is 0 Å². The summed E-state index contributed by atoms with van der Waals surface area (Å²) in [4.78, 5) is 0. The van der Waals surface area contributed by atoms with Crippen LogP contribution in [0.25, 0.3) is 0 Å². The first-order chi connectivity index (χ1) is 12.7. The Kier molecular flexibility index (Phi) is 3.95. The van der Waals surface area contributed by atoms with Gasteiger partial charge in [-0.25, -0.2) is 0 Å². The summed E-state index contributed by atoms with van der Waals surface area (Å²) in [7, 11) is 0. The normalized spacial score (nSPS) is 37.8. The number of hydrogen-bond acceptors (Lipinski definition) is 1. The van der Waals surface area contributed by atoms with Crippen LogP contribution in [0.1, 0.15) is 37.3 Å². The van der Waals surface area contributed by atoms with Crippen LogP contribution in [0.4, 0.5) is 0 Å². The van der Waals surface area contributed by atoms with Crippen LogP contribution in [-0.2, 0) is 17.9 Å². The molecular formula is C24H30NO+. The highest BCUT2D eigenvalue weighted by Crippen LogP contribution is 2.61. The van der Waals surface area contributed by atoms with Crippen molar-refractivity contribution in [3.8, 4) is 0 Å². The quantitative estimate of drug-likeness (QED) is 0.706. The van der Waals surface area contributed by atoms with E-state index >= 15 is 0 Å². The van der Waals surface area contributed by atoms with Gasteiger partial charge in [0.25, 0.3) is 0 Å². The van der Waals surface area contributed by atoms with Gasteiger partial charge in [0.05, 0.1) is 13.2 Å². The average molecular weight is 349 g/mol. The van der Waals surface area contributed by atoms with E-state index in [-0.39, 0.29) is 0 Å². The number of quaternary nitrogens is 1. The molecule has 2 aromatic carbocycles. The fourth-order valence-corrected chi connectivity index (χ4v) is 6.60. The van der Waals surface area contributed by atoms with Gasteiger partial charge < -0.3 is 9.22 Å². The summed E-state index contributed by atoms with van der Waals surface area (Å²) < 4.78 is 7.82. The van der Waals surface area contributed by atoms with E-state index in [9.17, 15) is 0 Å². The Bertz CT molecular complexity index is 760.